The summed E-state index contributed by atoms with van der Waals surface area (Å²) < 4.78 is 11.8. The molecule has 0 radical (unpaired) electrons. The average molecular weight is 378 g/mol. The number of likely N-dealkylation sites (tertiary alicyclic amines) is 1. The van der Waals surface area contributed by atoms with Gasteiger partial charge in [-0.3, -0.25) is 4.79 Å². The van der Waals surface area contributed by atoms with Gasteiger partial charge in [0.15, 0.2) is 0 Å². The fourth-order valence-corrected chi connectivity index (χ4v) is 2.86. The number of hydrogen-bond acceptors (Lipinski definition) is 5. The van der Waals surface area contributed by atoms with Crippen LogP contribution in [0.15, 0.2) is 41.1 Å². The minimum Gasteiger partial charge on any atom is -0.480 e. The molecule has 3 heterocycles. The van der Waals surface area contributed by atoms with E-state index in [0.717, 1.165) is 10.9 Å². The maximum absolute atomic E-state index is 12.6. The van der Waals surface area contributed by atoms with Crippen molar-refractivity contribution in [3.8, 4) is 11.8 Å². The molecule has 23 heavy (non-hydrogen) atoms. The van der Waals surface area contributed by atoms with Gasteiger partial charge >= 0.3 is 0 Å². The largest absolute Gasteiger partial charge is 0.480 e. The molecule has 7 heteroatoms. The Bertz CT molecular complexity index is 710. The van der Waals surface area contributed by atoms with Crippen LogP contribution >= 0.6 is 15.9 Å². The van der Waals surface area contributed by atoms with E-state index < -0.39 is 0 Å². The van der Waals surface area contributed by atoms with Crippen molar-refractivity contribution in [2.45, 2.75) is 12.5 Å². The first-order valence-corrected chi connectivity index (χ1v) is 8.04. The van der Waals surface area contributed by atoms with Gasteiger partial charge in [0.25, 0.3) is 5.91 Å². The van der Waals surface area contributed by atoms with Crippen LogP contribution in [0, 0.1) is 0 Å². The highest BCUT2D eigenvalue weighted by Crippen LogP contribution is 2.25. The number of carbonyl (C=O) groups excluding carboxylic acids is 1. The van der Waals surface area contributed by atoms with Gasteiger partial charge in [0, 0.05) is 25.4 Å². The third-order valence-electron chi connectivity index (χ3n) is 3.63. The fourth-order valence-electron chi connectivity index (χ4n) is 2.51. The summed E-state index contributed by atoms with van der Waals surface area (Å²) in [4.78, 5) is 22.6. The lowest BCUT2D eigenvalue weighted by atomic mass is 10.2. The molecule has 120 valence electrons. The van der Waals surface area contributed by atoms with Gasteiger partial charge in [-0.1, -0.05) is 0 Å². The Kier molecular flexibility index (Phi) is 4.76. The monoisotopic (exact) mass is 377 g/mol. The molecule has 6 nitrogen and oxygen atoms in total. The number of methoxy groups -OCH3 is 1. The molecule has 3 rings (SSSR count). The van der Waals surface area contributed by atoms with Crippen molar-refractivity contribution in [3.63, 3.8) is 0 Å². The Morgan fingerprint density at radius 2 is 2.00 bits per heavy atom. The van der Waals surface area contributed by atoms with Crippen LogP contribution in [0.25, 0.3) is 0 Å². The van der Waals surface area contributed by atoms with Gasteiger partial charge in [-0.05, 0) is 40.2 Å². The quantitative estimate of drug-likeness (QED) is 0.818. The van der Waals surface area contributed by atoms with Crippen LogP contribution in [-0.4, -0.2) is 47.1 Å². The third kappa shape index (κ3) is 3.44. The third-order valence-corrected chi connectivity index (χ3v) is 4.23. The summed E-state index contributed by atoms with van der Waals surface area (Å²) in [6, 6.07) is 7.15. The molecular formula is C16H16BrN3O3. The molecular weight excluding hydrogens is 362 g/mol. The number of halogens is 1. The Labute approximate surface area is 142 Å². The summed E-state index contributed by atoms with van der Waals surface area (Å²) in [5, 5.41) is 0. The second-order valence-electron chi connectivity index (χ2n) is 5.13. The Morgan fingerprint density at radius 1 is 1.26 bits per heavy atom. The van der Waals surface area contributed by atoms with Gasteiger partial charge in [0.05, 0.1) is 18.1 Å². The fraction of sp³-hybridized carbons (Fsp3) is 0.312. The summed E-state index contributed by atoms with van der Waals surface area (Å²) in [6.45, 7) is 1.14. The van der Waals surface area contributed by atoms with Crippen LogP contribution < -0.4 is 9.47 Å². The molecule has 0 aromatic carbocycles. The average Bonchev–Trinajstić information content (AvgIpc) is 3.05. The van der Waals surface area contributed by atoms with E-state index in [0.29, 0.717) is 30.4 Å². The number of rotatable bonds is 4. The number of nitrogens with zero attached hydrogens (tertiary/aromatic N) is 3. The van der Waals surface area contributed by atoms with Crippen LogP contribution in [0.2, 0.25) is 0 Å². The molecule has 1 saturated heterocycles. The molecule has 0 aliphatic carbocycles. The van der Waals surface area contributed by atoms with Crippen molar-refractivity contribution >= 4 is 21.8 Å². The minimum absolute atomic E-state index is 0.0761. The first-order valence-electron chi connectivity index (χ1n) is 7.24. The van der Waals surface area contributed by atoms with E-state index >= 15 is 0 Å². The molecule has 2 aromatic heterocycles. The summed E-state index contributed by atoms with van der Waals surface area (Å²) in [7, 11) is 1.51. The van der Waals surface area contributed by atoms with E-state index in [9.17, 15) is 4.79 Å². The molecule has 1 aliphatic heterocycles. The molecule has 1 aliphatic rings. The standard InChI is InChI=1S/C16H16BrN3O3/c1-22-14-12(4-2-7-18-14)16(21)20-9-6-11(10-20)23-15-13(17)5-3-8-19-15/h2-5,7-8,11H,6,9-10H2,1H3. The summed E-state index contributed by atoms with van der Waals surface area (Å²) in [6.07, 6.45) is 3.97. The minimum atomic E-state index is -0.0962. The Morgan fingerprint density at radius 3 is 2.74 bits per heavy atom. The molecule has 1 unspecified atom stereocenters. The summed E-state index contributed by atoms with van der Waals surface area (Å²) in [5.41, 5.74) is 0.467. The van der Waals surface area contributed by atoms with E-state index in [1.165, 1.54) is 7.11 Å². The normalized spacial score (nSPS) is 17.1. The summed E-state index contributed by atoms with van der Waals surface area (Å²) in [5.74, 6) is 0.793. The molecule has 1 amide bonds. The van der Waals surface area contributed by atoms with Gasteiger partial charge in [-0.15, -0.1) is 0 Å². The lowest BCUT2D eigenvalue weighted by molar-refractivity contribution is 0.0767. The molecule has 0 bridgehead atoms. The number of hydrogen-bond donors (Lipinski definition) is 0. The zero-order valence-corrected chi connectivity index (χ0v) is 14.2. The first kappa shape index (κ1) is 15.7. The van der Waals surface area contributed by atoms with E-state index in [1.54, 1.807) is 29.4 Å². The topological polar surface area (TPSA) is 64.5 Å². The number of amides is 1. The zero-order valence-electron chi connectivity index (χ0n) is 12.6. The van der Waals surface area contributed by atoms with Crippen molar-refractivity contribution in [3.05, 3.63) is 46.7 Å². The van der Waals surface area contributed by atoms with Crippen LogP contribution in [0.4, 0.5) is 0 Å². The predicted octanol–water partition coefficient (Wildman–Crippen LogP) is 2.54. The Balaban J connectivity index is 1.68. The molecule has 0 spiro atoms. The zero-order chi connectivity index (χ0) is 16.2. The second kappa shape index (κ2) is 6.95. The SMILES string of the molecule is COc1ncccc1C(=O)N1CCC(Oc2ncccc2Br)C1. The van der Waals surface area contributed by atoms with Crippen molar-refractivity contribution in [1.82, 2.24) is 14.9 Å². The maximum Gasteiger partial charge on any atom is 0.259 e. The van der Waals surface area contributed by atoms with Crippen molar-refractivity contribution in [2.75, 3.05) is 20.2 Å². The molecule has 0 saturated carbocycles. The Hall–Kier alpha value is -2.15. The van der Waals surface area contributed by atoms with Crippen LogP contribution in [-0.2, 0) is 0 Å². The van der Waals surface area contributed by atoms with E-state index in [1.807, 2.05) is 12.1 Å². The van der Waals surface area contributed by atoms with E-state index in [4.69, 9.17) is 9.47 Å². The van der Waals surface area contributed by atoms with E-state index in [2.05, 4.69) is 25.9 Å². The molecule has 1 fully saturated rings. The number of ether oxygens (including phenoxy) is 2. The van der Waals surface area contributed by atoms with Crippen LogP contribution in [0.5, 0.6) is 11.8 Å². The second-order valence-corrected chi connectivity index (χ2v) is 5.98. The van der Waals surface area contributed by atoms with Crippen molar-refractivity contribution in [2.24, 2.45) is 0 Å². The first-order chi connectivity index (χ1) is 11.2. The highest BCUT2D eigenvalue weighted by atomic mass is 79.9. The lowest BCUT2D eigenvalue weighted by Crippen LogP contribution is -2.31. The molecule has 2 aromatic rings. The number of pyridine rings is 2. The number of carbonyl (C=O) groups is 1. The van der Waals surface area contributed by atoms with Gasteiger partial charge in [0.1, 0.15) is 11.7 Å². The summed E-state index contributed by atoms with van der Waals surface area (Å²) >= 11 is 3.41. The highest BCUT2D eigenvalue weighted by Gasteiger charge is 2.30. The smallest absolute Gasteiger partial charge is 0.259 e. The number of aromatic nitrogens is 2. The lowest BCUT2D eigenvalue weighted by Gasteiger charge is -2.18. The van der Waals surface area contributed by atoms with Gasteiger partial charge in [-0.2, -0.15) is 0 Å². The molecule has 0 N–H and O–H groups in total. The van der Waals surface area contributed by atoms with Gasteiger partial charge < -0.3 is 14.4 Å². The molecule has 1 atom stereocenters. The van der Waals surface area contributed by atoms with E-state index in [-0.39, 0.29) is 12.0 Å². The van der Waals surface area contributed by atoms with Crippen LogP contribution in [0.3, 0.4) is 0 Å². The maximum atomic E-state index is 12.6. The van der Waals surface area contributed by atoms with Crippen molar-refractivity contribution in [1.29, 1.82) is 0 Å². The van der Waals surface area contributed by atoms with Crippen LogP contribution in [0.1, 0.15) is 16.8 Å². The van der Waals surface area contributed by atoms with Crippen molar-refractivity contribution < 1.29 is 14.3 Å². The predicted molar refractivity (Wildman–Crippen MR) is 87.7 cm³/mol. The van der Waals surface area contributed by atoms with Gasteiger partial charge in [0.2, 0.25) is 11.8 Å². The highest BCUT2D eigenvalue weighted by molar-refractivity contribution is 9.10. The van der Waals surface area contributed by atoms with Gasteiger partial charge in [-0.25, -0.2) is 9.97 Å².